The van der Waals surface area contributed by atoms with Gasteiger partial charge in [0.25, 0.3) is 0 Å². The fourth-order valence-corrected chi connectivity index (χ4v) is 3.90. The number of amides is 2. The van der Waals surface area contributed by atoms with Crippen molar-refractivity contribution < 1.29 is 14.0 Å². The normalized spacial score (nSPS) is 23.9. The summed E-state index contributed by atoms with van der Waals surface area (Å²) in [5.74, 6) is 0.410. The molecule has 1 aromatic carbocycles. The van der Waals surface area contributed by atoms with Gasteiger partial charge in [0, 0.05) is 30.8 Å². The second-order valence-corrected chi connectivity index (χ2v) is 7.63. The van der Waals surface area contributed by atoms with Crippen LogP contribution in [0.25, 0.3) is 0 Å². The van der Waals surface area contributed by atoms with Crippen molar-refractivity contribution in [3.05, 3.63) is 35.6 Å². The lowest BCUT2D eigenvalue weighted by molar-refractivity contribution is -0.123. The highest BCUT2D eigenvalue weighted by Gasteiger charge is 2.39. The Hall–Kier alpha value is -1.91. The Morgan fingerprint density at radius 2 is 1.80 bits per heavy atom. The number of carbonyl (C=O) groups excluding carboxylic acids is 2. The van der Waals surface area contributed by atoms with Crippen molar-refractivity contribution >= 4 is 11.8 Å². The van der Waals surface area contributed by atoms with Crippen molar-refractivity contribution in [2.45, 2.75) is 50.9 Å². The molecular formula is C20H27FN2O2. The maximum atomic E-state index is 13.2. The van der Waals surface area contributed by atoms with Crippen LogP contribution in [0.5, 0.6) is 0 Å². The van der Waals surface area contributed by atoms with Gasteiger partial charge in [-0.25, -0.2) is 4.39 Å². The number of nitrogens with one attached hydrogen (secondary N) is 2. The predicted octanol–water partition coefficient (Wildman–Crippen LogP) is 2.92. The summed E-state index contributed by atoms with van der Waals surface area (Å²) in [6, 6.07) is 6.66. The van der Waals surface area contributed by atoms with E-state index in [0.29, 0.717) is 25.4 Å². The average molecular weight is 346 g/mol. The molecule has 2 N–H and O–H groups in total. The second-order valence-electron chi connectivity index (χ2n) is 7.63. The van der Waals surface area contributed by atoms with Crippen molar-refractivity contribution in [1.29, 1.82) is 0 Å². The van der Waals surface area contributed by atoms with Crippen LogP contribution in [0.15, 0.2) is 24.3 Å². The first-order valence-corrected chi connectivity index (χ1v) is 9.31. The van der Waals surface area contributed by atoms with Gasteiger partial charge in [-0.05, 0) is 42.9 Å². The third-order valence-electron chi connectivity index (χ3n) is 5.74. The molecule has 0 unspecified atom stereocenters. The lowest BCUT2D eigenvalue weighted by Crippen LogP contribution is -2.40. The highest BCUT2D eigenvalue weighted by Crippen LogP contribution is 2.40. The Balaban J connectivity index is 1.47. The Labute approximate surface area is 148 Å². The van der Waals surface area contributed by atoms with Crippen LogP contribution in [0.4, 0.5) is 4.39 Å². The second kappa shape index (κ2) is 7.54. The first-order chi connectivity index (χ1) is 12.0. The maximum Gasteiger partial charge on any atom is 0.223 e. The largest absolute Gasteiger partial charge is 0.355 e. The van der Waals surface area contributed by atoms with Gasteiger partial charge in [0.1, 0.15) is 5.82 Å². The fraction of sp³-hybridized carbons (Fsp3) is 0.600. The molecule has 136 valence electrons. The monoisotopic (exact) mass is 346 g/mol. The number of hydrogen-bond acceptors (Lipinski definition) is 2. The molecule has 0 saturated heterocycles. The first kappa shape index (κ1) is 17.9. The Kier molecular flexibility index (Phi) is 5.40. The van der Waals surface area contributed by atoms with E-state index in [1.165, 1.54) is 12.1 Å². The van der Waals surface area contributed by atoms with Crippen LogP contribution in [-0.4, -0.2) is 24.9 Å². The van der Waals surface area contributed by atoms with E-state index in [9.17, 15) is 14.0 Å². The minimum atomic E-state index is -0.235. The van der Waals surface area contributed by atoms with E-state index < -0.39 is 0 Å². The summed E-state index contributed by atoms with van der Waals surface area (Å²) in [6.07, 6.45) is 5.53. The molecule has 0 aromatic heterocycles. The maximum absolute atomic E-state index is 13.2. The molecule has 5 heteroatoms. The number of benzene rings is 1. The smallest absolute Gasteiger partial charge is 0.223 e. The molecule has 2 saturated carbocycles. The molecule has 3 rings (SSSR count). The SMILES string of the molecule is C[C@H]1C[C@@H]1C(=O)NCCC(=O)NCC1(c2ccc(F)cc2)CCCC1. The standard InChI is InChI=1S/C20H27FN2O2/c1-14-12-17(14)19(25)22-11-8-18(24)23-13-20(9-2-3-10-20)15-4-6-16(21)7-5-15/h4-7,14,17H,2-3,8-13H2,1H3,(H,22,25)(H,23,24)/t14-,17-/m0/s1. The Bertz CT molecular complexity index is 623. The summed E-state index contributed by atoms with van der Waals surface area (Å²) >= 11 is 0. The van der Waals surface area contributed by atoms with E-state index in [1.807, 2.05) is 12.1 Å². The van der Waals surface area contributed by atoms with E-state index >= 15 is 0 Å². The topological polar surface area (TPSA) is 58.2 Å². The van der Waals surface area contributed by atoms with Crippen LogP contribution in [0.1, 0.15) is 51.0 Å². The first-order valence-electron chi connectivity index (χ1n) is 9.31. The highest BCUT2D eigenvalue weighted by atomic mass is 19.1. The molecule has 2 fully saturated rings. The molecule has 0 bridgehead atoms. The van der Waals surface area contributed by atoms with Crippen LogP contribution in [-0.2, 0) is 15.0 Å². The van der Waals surface area contributed by atoms with Crippen molar-refractivity contribution in [3.8, 4) is 0 Å². The summed E-state index contributed by atoms with van der Waals surface area (Å²) in [4.78, 5) is 23.9. The average Bonchev–Trinajstić information content (AvgIpc) is 3.14. The summed E-state index contributed by atoms with van der Waals surface area (Å²) in [6.45, 7) is 3.02. The zero-order valence-electron chi connectivity index (χ0n) is 14.8. The number of rotatable bonds is 7. The van der Waals surface area contributed by atoms with Gasteiger partial charge in [-0.3, -0.25) is 9.59 Å². The van der Waals surface area contributed by atoms with Crippen molar-refractivity contribution in [2.24, 2.45) is 11.8 Å². The molecule has 0 spiro atoms. The summed E-state index contributed by atoms with van der Waals surface area (Å²) < 4.78 is 13.2. The van der Waals surface area contributed by atoms with E-state index in [0.717, 1.165) is 37.7 Å². The molecule has 25 heavy (non-hydrogen) atoms. The highest BCUT2D eigenvalue weighted by molar-refractivity contribution is 5.82. The van der Waals surface area contributed by atoms with Gasteiger partial charge in [0.05, 0.1) is 0 Å². The van der Waals surface area contributed by atoms with Gasteiger partial charge in [-0.2, -0.15) is 0 Å². The molecule has 4 nitrogen and oxygen atoms in total. The fourth-order valence-electron chi connectivity index (χ4n) is 3.90. The van der Waals surface area contributed by atoms with Crippen molar-refractivity contribution in [2.75, 3.05) is 13.1 Å². The quantitative estimate of drug-likeness (QED) is 0.797. The van der Waals surface area contributed by atoms with E-state index in [4.69, 9.17) is 0 Å². The molecule has 2 aliphatic carbocycles. The van der Waals surface area contributed by atoms with Crippen LogP contribution in [0.3, 0.4) is 0 Å². The molecule has 0 heterocycles. The third-order valence-corrected chi connectivity index (χ3v) is 5.74. The van der Waals surface area contributed by atoms with E-state index in [2.05, 4.69) is 17.6 Å². The van der Waals surface area contributed by atoms with Crippen molar-refractivity contribution in [3.63, 3.8) is 0 Å². The van der Waals surface area contributed by atoms with Gasteiger partial charge in [0.2, 0.25) is 11.8 Å². The summed E-state index contributed by atoms with van der Waals surface area (Å²) in [7, 11) is 0. The minimum absolute atomic E-state index is 0.0440. The molecule has 2 atom stereocenters. The van der Waals surface area contributed by atoms with Crippen molar-refractivity contribution in [1.82, 2.24) is 10.6 Å². The van der Waals surface area contributed by atoms with Crippen LogP contribution in [0, 0.1) is 17.7 Å². The van der Waals surface area contributed by atoms with Gasteiger partial charge in [-0.1, -0.05) is 31.9 Å². The lowest BCUT2D eigenvalue weighted by atomic mass is 9.79. The summed E-state index contributed by atoms with van der Waals surface area (Å²) in [5, 5.41) is 5.86. The zero-order chi connectivity index (χ0) is 17.9. The zero-order valence-corrected chi connectivity index (χ0v) is 14.8. The van der Waals surface area contributed by atoms with Crippen LogP contribution < -0.4 is 10.6 Å². The van der Waals surface area contributed by atoms with Gasteiger partial charge < -0.3 is 10.6 Å². The molecular weight excluding hydrogens is 319 g/mol. The number of halogens is 1. The Morgan fingerprint density at radius 1 is 1.16 bits per heavy atom. The predicted molar refractivity (Wildman–Crippen MR) is 94.5 cm³/mol. The van der Waals surface area contributed by atoms with Gasteiger partial charge in [-0.15, -0.1) is 0 Å². The van der Waals surface area contributed by atoms with Crippen LogP contribution >= 0.6 is 0 Å². The third kappa shape index (κ3) is 4.39. The lowest BCUT2D eigenvalue weighted by Gasteiger charge is -2.30. The molecule has 0 radical (unpaired) electrons. The minimum Gasteiger partial charge on any atom is -0.355 e. The molecule has 2 amide bonds. The summed E-state index contributed by atoms with van der Waals surface area (Å²) in [5.41, 5.74) is 1.01. The molecule has 1 aromatic rings. The Morgan fingerprint density at radius 3 is 2.40 bits per heavy atom. The molecule has 0 aliphatic heterocycles. The van der Waals surface area contributed by atoms with Gasteiger partial charge >= 0.3 is 0 Å². The number of carbonyl (C=O) groups is 2. The van der Waals surface area contributed by atoms with Crippen LogP contribution in [0.2, 0.25) is 0 Å². The number of hydrogen-bond donors (Lipinski definition) is 2. The van der Waals surface area contributed by atoms with E-state index in [-0.39, 0.29) is 29.0 Å². The van der Waals surface area contributed by atoms with Gasteiger partial charge in [0.15, 0.2) is 0 Å². The van der Waals surface area contributed by atoms with E-state index in [1.54, 1.807) is 0 Å². The molecule has 2 aliphatic rings.